The van der Waals surface area contributed by atoms with E-state index in [0.29, 0.717) is 5.69 Å². The predicted octanol–water partition coefficient (Wildman–Crippen LogP) is 0.107. The molecular weight excluding hydrogens is 156 g/mol. The lowest BCUT2D eigenvalue weighted by Crippen LogP contribution is -2.48. The number of rotatable bonds is 0. The molecule has 4 nitrogen and oxygen atoms in total. The van der Waals surface area contributed by atoms with Crippen LogP contribution >= 0.6 is 0 Å². The zero-order valence-electron chi connectivity index (χ0n) is 7.33. The van der Waals surface area contributed by atoms with Gasteiger partial charge in [-0.05, 0) is 20.3 Å². The van der Waals surface area contributed by atoms with Gasteiger partial charge in [0.2, 0.25) is 5.69 Å². The number of aryl methyl sites for hydroxylation is 1. The van der Waals surface area contributed by atoms with E-state index in [-0.39, 0.29) is 11.4 Å². The van der Waals surface area contributed by atoms with Crippen molar-refractivity contribution >= 4 is 0 Å². The largest absolute Gasteiger partial charge is 0.539 e. The van der Waals surface area contributed by atoms with Crippen molar-refractivity contribution < 1.29 is 14.3 Å². The molecule has 2 heterocycles. The molecule has 0 radical (unpaired) electrons. The average Bonchev–Trinajstić information content (AvgIpc) is 2.32. The van der Waals surface area contributed by atoms with Crippen LogP contribution in [0.4, 0.5) is 0 Å². The van der Waals surface area contributed by atoms with E-state index < -0.39 is 0 Å². The first-order chi connectivity index (χ1) is 5.61. The zero-order chi connectivity index (χ0) is 8.77. The molecule has 0 aromatic carbocycles. The Kier molecular flexibility index (Phi) is 1.40. The Hall–Kier alpha value is -1.06. The molecule has 0 N–H and O–H groups in total. The van der Waals surface area contributed by atoms with Gasteiger partial charge in [-0.3, -0.25) is 0 Å². The highest BCUT2D eigenvalue weighted by molar-refractivity contribution is 5.15. The van der Waals surface area contributed by atoms with E-state index in [1.54, 1.807) is 4.68 Å². The van der Waals surface area contributed by atoms with Crippen molar-refractivity contribution in [2.75, 3.05) is 0 Å². The Morgan fingerprint density at radius 2 is 2.33 bits per heavy atom. The highest BCUT2D eigenvalue weighted by Gasteiger charge is 2.37. The standard InChI is InChI=1S/C8H12N2O2/c1-8(2)4-3-5-10-6(8)7(11)12-9-10/h3-5H2,1-2H3. The summed E-state index contributed by atoms with van der Waals surface area (Å²) in [5.74, 6) is -0.278. The maximum Gasteiger partial charge on any atom is 0.238 e. The van der Waals surface area contributed by atoms with Gasteiger partial charge < -0.3 is 9.63 Å². The molecule has 66 valence electrons. The lowest BCUT2D eigenvalue weighted by atomic mass is 9.82. The molecule has 0 unspecified atom stereocenters. The van der Waals surface area contributed by atoms with E-state index in [1.807, 2.05) is 0 Å². The minimum atomic E-state index is -0.278. The van der Waals surface area contributed by atoms with E-state index in [9.17, 15) is 5.11 Å². The van der Waals surface area contributed by atoms with E-state index in [2.05, 4.69) is 23.6 Å². The molecule has 0 saturated heterocycles. The van der Waals surface area contributed by atoms with Crippen LogP contribution in [0.15, 0.2) is 4.52 Å². The number of aromatic nitrogens is 2. The topological polar surface area (TPSA) is 53.0 Å². The molecule has 0 saturated carbocycles. The summed E-state index contributed by atoms with van der Waals surface area (Å²) >= 11 is 0. The third-order valence-electron chi connectivity index (χ3n) is 2.49. The average molecular weight is 168 g/mol. The van der Waals surface area contributed by atoms with E-state index in [0.717, 1.165) is 19.4 Å². The Morgan fingerprint density at radius 3 is 3.00 bits per heavy atom. The molecule has 0 spiro atoms. The second kappa shape index (κ2) is 2.21. The summed E-state index contributed by atoms with van der Waals surface area (Å²) in [7, 11) is 0. The Balaban J connectivity index is 2.56. The van der Waals surface area contributed by atoms with Crippen LogP contribution in [0.5, 0.6) is 5.95 Å². The number of hydrogen-bond acceptors (Lipinski definition) is 3. The Bertz CT molecular complexity index is 304. The van der Waals surface area contributed by atoms with Gasteiger partial charge in [0.1, 0.15) is 0 Å². The van der Waals surface area contributed by atoms with E-state index in [4.69, 9.17) is 0 Å². The van der Waals surface area contributed by atoms with Crippen molar-refractivity contribution in [3.05, 3.63) is 5.69 Å². The zero-order valence-corrected chi connectivity index (χ0v) is 7.33. The van der Waals surface area contributed by atoms with Crippen molar-refractivity contribution in [1.82, 2.24) is 5.27 Å². The van der Waals surface area contributed by atoms with Crippen LogP contribution in [0.2, 0.25) is 0 Å². The first kappa shape index (κ1) is 7.58. The third kappa shape index (κ3) is 0.906. The Labute approximate surface area is 70.8 Å². The molecule has 1 aliphatic rings. The minimum absolute atomic E-state index is 0.0741. The second-order valence-electron chi connectivity index (χ2n) is 3.92. The molecule has 0 bridgehead atoms. The van der Waals surface area contributed by atoms with Crippen LogP contribution in [-0.2, 0) is 12.0 Å². The molecule has 0 amide bonds. The lowest BCUT2D eigenvalue weighted by molar-refractivity contribution is -0.776. The lowest BCUT2D eigenvalue weighted by Gasteiger charge is -2.23. The van der Waals surface area contributed by atoms with Crippen LogP contribution in [0.25, 0.3) is 0 Å². The fourth-order valence-corrected chi connectivity index (χ4v) is 1.84. The molecule has 12 heavy (non-hydrogen) atoms. The second-order valence-corrected chi connectivity index (χ2v) is 3.92. The van der Waals surface area contributed by atoms with Gasteiger partial charge >= 0.3 is 0 Å². The smallest absolute Gasteiger partial charge is 0.238 e. The SMILES string of the molecule is CC1(C)CCC[n+]2noc([O-])c21. The normalized spacial score (nSPS) is 20.5. The van der Waals surface area contributed by atoms with Crippen molar-refractivity contribution in [3.8, 4) is 5.95 Å². The summed E-state index contributed by atoms with van der Waals surface area (Å²) in [6, 6.07) is 0. The molecule has 0 atom stereocenters. The van der Waals surface area contributed by atoms with Gasteiger partial charge in [-0.1, -0.05) is 4.68 Å². The quantitative estimate of drug-likeness (QED) is 0.516. The first-order valence-corrected chi connectivity index (χ1v) is 4.18. The van der Waals surface area contributed by atoms with Crippen LogP contribution < -0.4 is 9.79 Å². The first-order valence-electron chi connectivity index (χ1n) is 4.18. The van der Waals surface area contributed by atoms with Crippen molar-refractivity contribution in [3.63, 3.8) is 0 Å². The maximum atomic E-state index is 11.2. The van der Waals surface area contributed by atoms with Gasteiger partial charge in [0.15, 0.2) is 12.5 Å². The van der Waals surface area contributed by atoms with Crippen molar-refractivity contribution in [2.24, 2.45) is 0 Å². The van der Waals surface area contributed by atoms with Crippen LogP contribution in [0, 0.1) is 0 Å². The molecule has 2 rings (SSSR count). The summed E-state index contributed by atoms with van der Waals surface area (Å²) in [5, 5.41) is 14.9. The van der Waals surface area contributed by atoms with Gasteiger partial charge in [-0.25, -0.2) is 0 Å². The van der Waals surface area contributed by atoms with Gasteiger partial charge in [0, 0.05) is 6.42 Å². The number of hydrogen-bond donors (Lipinski definition) is 0. The highest BCUT2D eigenvalue weighted by atomic mass is 16.6. The van der Waals surface area contributed by atoms with Crippen LogP contribution in [0.1, 0.15) is 32.4 Å². The summed E-state index contributed by atoms with van der Waals surface area (Å²) in [4.78, 5) is 0. The predicted molar refractivity (Wildman–Crippen MR) is 38.4 cm³/mol. The van der Waals surface area contributed by atoms with Crippen LogP contribution in [-0.4, -0.2) is 5.27 Å². The maximum absolute atomic E-state index is 11.2. The van der Waals surface area contributed by atoms with Gasteiger partial charge in [-0.2, -0.15) is 0 Å². The minimum Gasteiger partial charge on any atom is -0.539 e. The fraction of sp³-hybridized carbons (Fsp3) is 0.750. The van der Waals surface area contributed by atoms with Crippen LogP contribution in [0.3, 0.4) is 0 Å². The summed E-state index contributed by atoms with van der Waals surface area (Å²) < 4.78 is 6.30. The number of nitrogens with zero attached hydrogens (tertiary/aromatic N) is 2. The summed E-state index contributed by atoms with van der Waals surface area (Å²) in [5.41, 5.74) is 0.642. The molecule has 0 aliphatic carbocycles. The van der Waals surface area contributed by atoms with E-state index >= 15 is 0 Å². The van der Waals surface area contributed by atoms with Crippen molar-refractivity contribution in [2.45, 2.75) is 38.6 Å². The monoisotopic (exact) mass is 168 g/mol. The molecular formula is C8H12N2O2. The Morgan fingerprint density at radius 1 is 1.58 bits per heavy atom. The molecule has 1 aromatic rings. The fourth-order valence-electron chi connectivity index (χ4n) is 1.84. The molecule has 4 heteroatoms. The molecule has 0 fully saturated rings. The molecule has 1 aliphatic heterocycles. The molecule has 1 aromatic heterocycles. The number of fused-ring (bicyclic) bond motifs is 1. The van der Waals surface area contributed by atoms with Gasteiger partial charge in [0.05, 0.1) is 10.7 Å². The van der Waals surface area contributed by atoms with E-state index in [1.165, 1.54) is 0 Å². The summed E-state index contributed by atoms with van der Waals surface area (Å²) in [6.45, 7) is 4.91. The highest BCUT2D eigenvalue weighted by Crippen LogP contribution is 2.32. The van der Waals surface area contributed by atoms with Gasteiger partial charge in [0.25, 0.3) is 0 Å². The van der Waals surface area contributed by atoms with Gasteiger partial charge in [-0.15, -0.1) is 0 Å². The third-order valence-corrected chi connectivity index (χ3v) is 2.49. The van der Waals surface area contributed by atoms with Crippen molar-refractivity contribution in [1.29, 1.82) is 0 Å². The summed E-state index contributed by atoms with van der Waals surface area (Å²) in [6.07, 6.45) is 2.10.